The first-order valence-corrected chi connectivity index (χ1v) is 4.14. The second-order valence-corrected chi connectivity index (χ2v) is 3.85. The molecule has 1 atom stereocenters. The molecule has 1 fully saturated rings. The number of carbonyl (C=O) groups excluding carboxylic acids is 1. The summed E-state index contributed by atoms with van der Waals surface area (Å²) in [5, 5.41) is -0.236. The molecule has 0 spiro atoms. The second kappa shape index (κ2) is 2.37. The van der Waals surface area contributed by atoms with Crippen LogP contribution in [0.1, 0.15) is 13.3 Å². The molecular formula is C6H9BOS. The van der Waals surface area contributed by atoms with Gasteiger partial charge in [0.05, 0.1) is 13.6 Å². The van der Waals surface area contributed by atoms with Crippen LogP contribution in [0.25, 0.3) is 0 Å². The quantitative estimate of drug-likeness (QED) is 0.467. The van der Waals surface area contributed by atoms with Crippen molar-refractivity contribution in [3.8, 4) is 0 Å². The van der Waals surface area contributed by atoms with Gasteiger partial charge < -0.3 is 0 Å². The van der Waals surface area contributed by atoms with Crippen LogP contribution in [0.3, 0.4) is 0 Å². The average Bonchev–Trinajstić information content (AvgIpc) is 1.60. The molecule has 0 saturated carbocycles. The molecule has 0 bridgehead atoms. The maximum absolute atomic E-state index is 10.8. The van der Waals surface area contributed by atoms with Crippen molar-refractivity contribution in [2.45, 2.75) is 18.7 Å². The molecule has 1 unspecified atom stereocenters. The van der Waals surface area contributed by atoms with E-state index in [-0.39, 0.29) is 11.1 Å². The first-order valence-electron chi connectivity index (χ1n) is 2.98. The topological polar surface area (TPSA) is 17.1 Å². The monoisotopic (exact) mass is 140 g/mol. The fourth-order valence-electron chi connectivity index (χ4n) is 0.951. The van der Waals surface area contributed by atoms with Crippen LogP contribution in [-0.4, -0.2) is 25.1 Å². The van der Waals surface area contributed by atoms with Gasteiger partial charge in [0, 0.05) is 6.42 Å². The van der Waals surface area contributed by atoms with Crippen LogP contribution in [-0.2, 0) is 4.79 Å². The van der Waals surface area contributed by atoms with Crippen LogP contribution < -0.4 is 0 Å². The Kier molecular flexibility index (Phi) is 1.89. The van der Waals surface area contributed by atoms with E-state index in [0.717, 1.165) is 5.75 Å². The maximum Gasteiger partial charge on any atom is 0.142 e. The highest BCUT2D eigenvalue weighted by atomic mass is 32.2. The number of carbonyl (C=O) groups is 1. The molecule has 48 valence electrons. The maximum atomic E-state index is 10.8. The van der Waals surface area contributed by atoms with E-state index in [1.165, 1.54) is 0 Å². The van der Waals surface area contributed by atoms with Gasteiger partial charge >= 0.3 is 0 Å². The lowest BCUT2D eigenvalue weighted by molar-refractivity contribution is -0.117. The molecule has 0 amide bonds. The smallest absolute Gasteiger partial charge is 0.142 e. The third kappa shape index (κ3) is 2.05. The molecule has 1 heterocycles. The lowest BCUT2D eigenvalue weighted by atomic mass is 9.69. The Hall–Kier alpha value is 0.0849. The van der Waals surface area contributed by atoms with Crippen LogP contribution in [0.4, 0.5) is 0 Å². The third-order valence-corrected chi connectivity index (χ3v) is 2.69. The largest absolute Gasteiger partial charge is 0.299 e. The summed E-state index contributed by atoms with van der Waals surface area (Å²) < 4.78 is 0. The Bertz CT molecular complexity index is 133. The van der Waals surface area contributed by atoms with E-state index >= 15 is 0 Å². The van der Waals surface area contributed by atoms with Crippen molar-refractivity contribution in [2.24, 2.45) is 0 Å². The van der Waals surface area contributed by atoms with E-state index in [2.05, 4.69) is 0 Å². The number of hydrogen-bond acceptors (Lipinski definition) is 2. The van der Waals surface area contributed by atoms with Crippen LogP contribution >= 0.6 is 11.8 Å². The second-order valence-electron chi connectivity index (χ2n) is 2.86. The van der Waals surface area contributed by atoms with Crippen molar-refractivity contribution in [3.05, 3.63) is 0 Å². The third-order valence-electron chi connectivity index (χ3n) is 1.30. The predicted octanol–water partition coefficient (Wildman–Crippen LogP) is 1.04. The summed E-state index contributed by atoms with van der Waals surface area (Å²) in [5.41, 5.74) is 0. The SMILES string of the molecule is [B]C1(C)CSCC(=O)C1. The molecular weight excluding hydrogens is 131 g/mol. The molecule has 1 aliphatic heterocycles. The summed E-state index contributed by atoms with van der Waals surface area (Å²) in [5.74, 6) is 1.86. The molecule has 3 heteroatoms. The highest BCUT2D eigenvalue weighted by Crippen LogP contribution is 2.34. The number of Topliss-reactive ketones (excluding diaryl/α,β-unsaturated/α-hetero) is 1. The van der Waals surface area contributed by atoms with E-state index in [1.54, 1.807) is 11.8 Å². The van der Waals surface area contributed by atoms with Crippen molar-refractivity contribution in [2.75, 3.05) is 11.5 Å². The molecule has 0 N–H and O–H groups in total. The van der Waals surface area contributed by atoms with Gasteiger partial charge in [-0.15, -0.1) is 0 Å². The standard InChI is InChI=1S/C6H9BOS/c1-6(7)2-5(8)3-9-4-6/h2-4H2,1H3. The number of hydrogen-bond donors (Lipinski definition) is 0. The van der Waals surface area contributed by atoms with Gasteiger partial charge in [-0.1, -0.05) is 12.2 Å². The summed E-state index contributed by atoms with van der Waals surface area (Å²) in [4.78, 5) is 10.8. The van der Waals surface area contributed by atoms with Gasteiger partial charge in [-0.25, -0.2) is 0 Å². The minimum atomic E-state index is -0.236. The molecule has 1 rings (SSSR count). The lowest BCUT2D eigenvalue weighted by Crippen LogP contribution is -2.23. The highest BCUT2D eigenvalue weighted by Gasteiger charge is 2.25. The highest BCUT2D eigenvalue weighted by molar-refractivity contribution is 8.00. The molecule has 0 aromatic carbocycles. The van der Waals surface area contributed by atoms with Crippen LogP contribution in [0.5, 0.6) is 0 Å². The molecule has 9 heavy (non-hydrogen) atoms. The normalized spacial score (nSPS) is 36.8. The summed E-state index contributed by atoms with van der Waals surface area (Å²) in [6.07, 6.45) is 0.556. The first kappa shape index (κ1) is 7.20. The average molecular weight is 140 g/mol. The van der Waals surface area contributed by atoms with Gasteiger partial charge in [0.2, 0.25) is 0 Å². The zero-order chi connectivity index (χ0) is 6.91. The van der Waals surface area contributed by atoms with Gasteiger partial charge in [0.25, 0.3) is 0 Å². The van der Waals surface area contributed by atoms with Crippen LogP contribution in [0.2, 0.25) is 5.31 Å². The van der Waals surface area contributed by atoms with E-state index < -0.39 is 0 Å². The van der Waals surface area contributed by atoms with Crippen molar-refractivity contribution in [1.29, 1.82) is 0 Å². The molecule has 0 aliphatic carbocycles. The molecule has 2 radical (unpaired) electrons. The van der Waals surface area contributed by atoms with Crippen LogP contribution in [0, 0.1) is 0 Å². The summed E-state index contributed by atoms with van der Waals surface area (Å²) in [7, 11) is 5.73. The molecule has 1 saturated heterocycles. The fraction of sp³-hybridized carbons (Fsp3) is 0.833. The first-order chi connectivity index (χ1) is 4.10. The number of thioether (sulfide) groups is 1. The molecule has 0 aromatic heterocycles. The van der Waals surface area contributed by atoms with Gasteiger partial charge in [-0.2, -0.15) is 11.8 Å². The van der Waals surface area contributed by atoms with Gasteiger partial charge in [-0.3, -0.25) is 4.79 Å². The summed E-state index contributed by atoms with van der Waals surface area (Å²) in [6, 6.07) is 0. The van der Waals surface area contributed by atoms with E-state index in [9.17, 15) is 4.79 Å². The number of rotatable bonds is 0. The molecule has 1 aliphatic rings. The lowest BCUT2D eigenvalue weighted by Gasteiger charge is -2.27. The van der Waals surface area contributed by atoms with Crippen LogP contribution in [0.15, 0.2) is 0 Å². The van der Waals surface area contributed by atoms with Gasteiger partial charge in [0.1, 0.15) is 5.78 Å². The number of ketones is 1. The summed E-state index contributed by atoms with van der Waals surface area (Å²) >= 11 is 1.64. The molecule has 1 nitrogen and oxygen atoms in total. The van der Waals surface area contributed by atoms with Crippen molar-refractivity contribution in [1.82, 2.24) is 0 Å². The zero-order valence-corrected chi connectivity index (χ0v) is 6.33. The fourth-order valence-corrected chi connectivity index (χ4v) is 1.95. The van der Waals surface area contributed by atoms with E-state index in [4.69, 9.17) is 7.85 Å². The molecule has 0 aromatic rings. The van der Waals surface area contributed by atoms with Crippen molar-refractivity contribution in [3.63, 3.8) is 0 Å². The Morgan fingerprint density at radius 2 is 2.44 bits per heavy atom. The zero-order valence-electron chi connectivity index (χ0n) is 5.52. The minimum absolute atomic E-state index is 0.236. The Labute approximate surface area is 61.0 Å². The van der Waals surface area contributed by atoms with Gasteiger partial charge in [0.15, 0.2) is 0 Å². The minimum Gasteiger partial charge on any atom is -0.299 e. The van der Waals surface area contributed by atoms with Gasteiger partial charge in [-0.05, 0) is 5.75 Å². The van der Waals surface area contributed by atoms with E-state index in [0.29, 0.717) is 12.2 Å². The van der Waals surface area contributed by atoms with E-state index in [1.807, 2.05) is 6.92 Å². The predicted molar refractivity (Wildman–Crippen MR) is 41.1 cm³/mol. The Morgan fingerprint density at radius 1 is 1.78 bits per heavy atom. The van der Waals surface area contributed by atoms with Crippen molar-refractivity contribution >= 4 is 25.4 Å². The summed E-state index contributed by atoms with van der Waals surface area (Å²) in [6.45, 7) is 1.93. The van der Waals surface area contributed by atoms with Crippen molar-refractivity contribution < 1.29 is 4.79 Å². The Balaban J connectivity index is 2.51. The Morgan fingerprint density at radius 3 is 2.78 bits per heavy atom.